The minimum atomic E-state index is -0.366. The fourth-order valence-corrected chi connectivity index (χ4v) is 2.59. The van der Waals surface area contributed by atoms with Gasteiger partial charge in [0.15, 0.2) is 10.8 Å². The minimum Gasteiger partial charge on any atom is -0.461 e. The van der Waals surface area contributed by atoms with E-state index in [2.05, 4.69) is 21.8 Å². The van der Waals surface area contributed by atoms with Crippen LogP contribution in [0.3, 0.4) is 0 Å². The molecule has 0 aliphatic carbocycles. The van der Waals surface area contributed by atoms with Crippen LogP contribution < -0.4 is 4.90 Å². The first-order chi connectivity index (χ1) is 9.74. The van der Waals surface area contributed by atoms with Gasteiger partial charge in [-0.25, -0.2) is 9.78 Å². The largest absolute Gasteiger partial charge is 0.461 e. The lowest BCUT2D eigenvalue weighted by Crippen LogP contribution is -2.22. The third kappa shape index (κ3) is 3.54. The molecule has 106 valence electrons. The molecule has 2 rings (SSSR count). The van der Waals surface area contributed by atoms with Crippen LogP contribution in [0.1, 0.15) is 29.9 Å². The van der Waals surface area contributed by atoms with Crippen LogP contribution in [0.5, 0.6) is 0 Å². The van der Waals surface area contributed by atoms with Crippen LogP contribution in [-0.2, 0) is 11.3 Å². The summed E-state index contributed by atoms with van der Waals surface area (Å²) in [4.78, 5) is 22.1. The number of carbonyl (C=O) groups is 1. The summed E-state index contributed by atoms with van der Waals surface area (Å²) in [5.41, 5.74) is 1.54. The average molecular weight is 291 g/mol. The molecule has 0 atom stereocenters. The van der Waals surface area contributed by atoms with Crippen LogP contribution in [0.25, 0.3) is 0 Å². The number of carbonyl (C=O) groups excluding carboxylic acids is 1. The molecule has 0 fully saturated rings. The van der Waals surface area contributed by atoms with Gasteiger partial charge in [-0.15, -0.1) is 11.3 Å². The molecule has 0 aliphatic rings. The predicted molar refractivity (Wildman–Crippen MR) is 79.0 cm³/mol. The number of esters is 1. The van der Waals surface area contributed by atoms with Gasteiger partial charge in [0.1, 0.15) is 0 Å². The number of anilines is 1. The van der Waals surface area contributed by atoms with Gasteiger partial charge in [0.25, 0.3) is 0 Å². The van der Waals surface area contributed by atoms with Crippen molar-refractivity contribution in [3.05, 3.63) is 41.2 Å². The monoisotopic (exact) mass is 291 g/mol. The van der Waals surface area contributed by atoms with Gasteiger partial charge >= 0.3 is 5.97 Å². The second-order valence-corrected chi connectivity index (χ2v) is 4.94. The fraction of sp³-hybridized carbons (Fsp3) is 0.357. The first-order valence-corrected chi connectivity index (χ1v) is 7.39. The van der Waals surface area contributed by atoms with Crippen molar-refractivity contribution in [3.63, 3.8) is 0 Å². The summed E-state index contributed by atoms with van der Waals surface area (Å²) >= 11 is 1.45. The molecular weight excluding hydrogens is 274 g/mol. The van der Waals surface area contributed by atoms with Gasteiger partial charge < -0.3 is 9.64 Å². The lowest BCUT2D eigenvalue weighted by atomic mass is 10.2. The molecule has 20 heavy (non-hydrogen) atoms. The number of pyridine rings is 1. The van der Waals surface area contributed by atoms with E-state index in [-0.39, 0.29) is 5.97 Å². The Kier molecular flexibility index (Phi) is 5.06. The summed E-state index contributed by atoms with van der Waals surface area (Å²) in [6, 6.07) is 3.95. The van der Waals surface area contributed by atoms with E-state index in [4.69, 9.17) is 4.74 Å². The summed E-state index contributed by atoms with van der Waals surface area (Å²) in [6.45, 7) is 5.77. The Morgan fingerprint density at radius 3 is 2.75 bits per heavy atom. The van der Waals surface area contributed by atoms with Crippen molar-refractivity contribution in [1.82, 2.24) is 9.97 Å². The van der Waals surface area contributed by atoms with Gasteiger partial charge in [-0.3, -0.25) is 4.98 Å². The van der Waals surface area contributed by atoms with E-state index >= 15 is 0 Å². The van der Waals surface area contributed by atoms with E-state index in [0.29, 0.717) is 12.3 Å². The quantitative estimate of drug-likeness (QED) is 0.766. The van der Waals surface area contributed by atoms with E-state index in [1.54, 1.807) is 24.7 Å². The number of thiazole rings is 1. The van der Waals surface area contributed by atoms with Crippen molar-refractivity contribution in [3.8, 4) is 0 Å². The van der Waals surface area contributed by atoms with Crippen molar-refractivity contribution < 1.29 is 9.53 Å². The van der Waals surface area contributed by atoms with E-state index in [9.17, 15) is 4.79 Å². The molecule has 0 saturated carbocycles. The molecule has 5 nitrogen and oxygen atoms in total. The molecule has 0 amide bonds. The van der Waals surface area contributed by atoms with E-state index in [1.165, 1.54) is 11.3 Å². The Hall–Kier alpha value is -1.95. The fourth-order valence-electron chi connectivity index (χ4n) is 1.73. The third-order valence-electron chi connectivity index (χ3n) is 2.75. The molecule has 0 aliphatic heterocycles. The third-order valence-corrected chi connectivity index (χ3v) is 3.65. The lowest BCUT2D eigenvalue weighted by molar-refractivity contribution is 0.0520. The highest BCUT2D eigenvalue weighted by atomic mass is 32.1. The minimum absolute atomic E-state index is 0.361. The molecule has 2 heterocycles. The summed E-state index contributed by atoms with van der Waals surface area (Å²) in [7, 11) is 0. The predicted octanol–water partition coefficient (Wildman–Crippen LogP) is 2.74. The Morgan fingerprint density at radius 2 is 2.10 bits per heavy atom. The van der Waals surface area contributed by atoms with Gasteiger partial charge in [-0.1, -0.05) is 0 Å². The normalized spacial score (nSPS) is 10.3. The molecule has 0 bridgehead atoms. The smallest absolute Gasteiger partial charge is 0.357 e. The number of hydrogen-bond donors (Lipinski definition) is 0. The second-order valence-electron chi connectivity index (χ2n) is 4.11. The first-order valence-electron chi connectivity index (χ1n) is 6.51. The molecular formula is C14H17N3O2S. The topological polar surface area (TPSA) is 55.3 Å². The van der Waals surface area contributed by atoms with Gasteiger partial charge in [-0.2, -0.15) is 0 Å². The van der Waals surface area contributed by atoms with Crippen LogP contribution in [0, 0.1) is 0 Å². The van der Waals surface area contributed by atoms with Gasteiger partial charge in [0.05, 0.1) is 6.61 Å². The zero-order valence-corrected chi connectivity index (χ0v) is 12.4. The molecule has 0 unspecified atom stereocenters. The van der Waals surface area contributed by atoms with E-state index in [1.807, 2.05) is 12.1 Å². The van der Waals surface area contributed by atoms with Crippen LogP contribution in [0.15, 0.2) is 29.9 Å². The summed E-state index contributed by atoms with van der Waals surface area (Å²) in [5.74, 6) is -0.366. The number of aromatic nitrogens is 2. The molecule has 0 radical (unpaired) electrons. The standard InChI is InChI=1S/C14H17N3O2S/c1-3-17(9-11-5-7-15-8-6-11)14-16-12(10-20-14)13(18)19-4-2/h5-8,10H,3-4,9H2,1-2H3. The Bertz CT molecular complexity index is 557. The maximum atomic E-state index is 11.6. The van der Waals surface area contributed by atoms with E-state index < -0.39 is 0 Å². The lowest BCUT2D eigenvalue weighted by Gasteiger charge is -2.19. The Morgan fingerprint density at radius 1 is 1.35 bits per heavy atom. The SMILES string of the molecule is CCOC(=O)c1csc(N(CC)Cc2ccncc2)n1. The van der Waals surface area contributed by atoms with Crippen molar-refractivity contribution in [2.24, 2.45) is 0 Å². The summed E-state index contributed by atoms with van der Waals surface area (Å²) in [6.07, 6.45) is 3.55. The van der Waals surface area contributed by atoms with Crippen LogP contribution in [-0.4, -0.2) is 29.1 Å². The highest BCUT2D eigenvalue weighted by Gasteiger charge is 2.15. The average Bonchev–Trinajstić information content (AvgIpc) is 2.96. The van der Waals surface area contributed by atoms with Gasteiger partial charge in [0, 0.05) is 30.9 Å². The second kappa shape index (κ2) is 7.00. The molecule has 0 spiro atoms. The molecule has 6 heteroatoms. The van der Waals surface area contributed by atoms with E-state index in [0.717, 1.165) is 23.8 Å². The Labute approximate surface area is 122 Å². The summed E-state index contributed by atoms with van der Waals surface area (Å²) < 4.78 is 4.95. The zero-order valence-electron chi connectivity index (χ0n) is 11.6. The van der Waals surface area contributed by atoms with Crippen molar-refractivity contribution in [1.29, 1.82) is 0 Å². The molecule has 2 aromatic rings. The number of ether oxygens (including phenoxy) is 1. The highest BCUT2D eigenvalue weighted by molar-refractivity contribution is 7.13. The zero-order chi connectivity index (χ0) is 14.4. The number of hydrogen-bond acceptors (Lipinski definition) is 6. The van der Waals surface area contributed by atoms with Crippen molar-refractivity contribution in [2.45, 2.75) is 20.4 Å². The van der Waals surface area contributed by atoms with Crippen LogP contribution in [0.2, 0.25) is 0 Å². The number of rotatable bonds is 6. The van der Waals surface area contributed by atoms with Gasteiger partial charge in [-0.05, 0) is 31.5 Å². The maximum absolute atomic E-state index is 11.6. The summed E-state index contributed by atoms with van der Waals surface area (Å²) in [5, 5.41) is 2.56. The van der Waals surface area contributed by atoms with Crippen molar-refractivity contribution >= 4 is 22.4 Å². The van der Waals surface area contributed by atoms with Crippen molar-refractivity contribution in [2.75, 3.05) is 18.1 Å². The first kappa shape index (κ1) is 14.5. The molecule has 2 aromatic heterocycles. The molecule has 0 saturated heterocycles. The highest BCUT2D eigenvalue weighted by Crippen LogP contribution is 2.22. The van der Waals surface area contributed by atoms with Crippen LogP contribution in [0.4, 0.5) is 5.13 Å². The maximum Gasteiger partial charge on any atom is 0.357 e. The number of nitrogens with zero attached hydrogens (tertiary/aromatic N) is 3. The molecule has 0 aromatic carbocycles. The Balaban J connectivity index is 2.10. The van der Waals surface area contributed by atoms with Gasteiger partial charge in [0.2, 0.25) is 0 Å². The van der Waals surface area contributed by atoms with Crippen LogP contribution >= 0.6 is 11.3 Å². The molecule has 0 N–H and O–H groups in total.